The summed E-state index contributed by atoms with van der Waals surface area (Å²) in [4.78, 5) is 25.6. The van der Waals surface area contributed by atoms with Gasteiger partial charge in [0.25, 0.3) is 0 Å². The number of hydrogen-bond donors (Lipinski definition) is 0. The molecule has 3 aliphatic carbocycles. The van der Waals surface area contributed by atoms with E-state index >= 15 is 0 Å². The van der Waals surface area contributed by atoms with Crippen molar-refractivity contribution in [2.75, 3.05) is 6.61 Å². The number of rotatable bonds is 3. The summed E-state index contributed by atoms with van der Waals surface area (Å²) in [6.45, 7) is 6.69. The number of hydrogen-bond acceptors (Lipinski definition) is 4. The molecule has 4 heteroatoms. The maximum atomic E-state index is 13.2. The van der Waals surface area contributed by atoms with Crippen molar-refractivity contribution in [2.24, 2.45) is 35.5 Å². The van der Waals surface area contributed by atoms with Gasteiger partial charge in [-0.3, -0.25) is 9.59 Å². The Kier molecular flexibility index (Phi) is 4.02. The van der Waals surface area contributed by atoms with Crippen LogP contribution in [0.25, 0.3) is 0 Å². The normalized spacial score (nSPS) is 43.2. The van der Waals surface area contributed by atoms with Gasteiger partial charge in [0.15, 0.2) is 5.78 Å². The van der Waals surface area contributed by atoms with Gasteiger partial charge in [0.2, 0.25) is 0 Å². The van der Waals surface area contributed by atoms with E-state index in [0.29, 0.717) is 11.8 Å². The van der Waals surface area contributed by atoms with Crippen molar-refractivity contribution in [1.82, 2.24) is 0 Å². The standard InChI is InChI=1S/C20H30O4/c1-11(2)20(7-5-4-6-8-20)24-19(22)17-13-9-14-16(17)15(21)10-23-18(14)12(13)3/h11-14,16-18H,4-10H2,1-3H3. The summed E-state index contributed by atoms with van der Waals surface area (Å²) in [6, 6.07) is 0. The van der Waals surface area contributed by atoms with Gasteiger partial charge in [-0.25, -0.2) is 0 Å². The summed E-state index contributed by atoms with van der Waals surface area (Å²) in [5.74, 6) is 0.841. The van der Waals surface area contributed by atoms with Crippen LogP contribution < -0.4 is 0 Å². The Bertz CT molecular complexity index is 534. The first-order valence-electron chi connectivity index (χ1n) is 9.82. The first-order chi connectivity index (χ1) is 11.4. The molecule has 4 nitrogen and oxygen atoms in total. The lowest BCUT2D eigenvalue weighted by Crippen LogP contribution is -2.52. The van der Waals surface area contributed by atoms with Crippen molar-refractivity contribution in [3.8, 4) is 0 Å². The van der Waals surface area contributed by atoms with E-state index in [1.54, 1.807) is 0 Å². The SMILES string of the molecule is CC1C2CC3C1OCC(=O)C3C2C(=O)OC1(C(C)C)CCCCC1. The van der Waals surface area contributed by atoms with Gasteiger partial charge in [-0.05, 0) is 55.8 Å². The first-order valence-corrected chi connectivity index (χ1v) is 9.82. The van der Waals surface area contributed by atoms with Gasteiger partial charge in [0.05, 0.1) is 12.0 Å². The van der Waals surface area contributed by atoms with E-state index in [9.17, 15) is 9.59 Å². The summed E-state index contributed by atoms with van der Waals surface area (Å²) in [7, 11) is 0. The molecule has 4 aliphatic rings. The molecule has 24 heavy (non-hydrogen) atoms. The molecule has 1 saturated heterocycles. The molecule has 0 radical (unpaired) electrons. The molecule has 6 atom stereocenters. The van der Waals surface area contributed by atoms with Crippen LogP contribution in [0.2, 0.25) is 0 Å². The Balaban J connectivity index is 1.57. The maximum Gasteiger partial charge on any atom is 0.310 e. The molecule has 3 saturated carbocycles. The van der Waals surface area contributed by atoms with Crippen LogP contribution in [0.3, 0.4) is 0 Å². The minimum Gasteiger partial charge on any atom is -0.459 e. The molecule has 0 aromatic rings. The third-order valence-electron chi connectivity index (χ3n) is 7.59. The van der Waals surface area contributed by atoms with Gasteiger partial charge < -0.3 is 9.47 Å². The molecule has 1 aliphatic heterocycles. The topological polar surface area (TPSA) is 52.6 Å². The van der Waals surface area contributed by atoms with E-state index in [1.807, 2.05) is 0 Å². The minimum absolute atomic E-state index is 0.0938. The predicted molar refractivity (Wildman–Crippen MR) is 89.2 cm³/mol. The van der Waals surface area contributed by atoms with Gasteiger partial charge in [0, 0.05) is 5.92 Å². The minimum atomic E-state index is -0.311. The van der Waals surface area contributed by atoms with Gasteiger partial charge in [-0.15, -0.1) is 0 Å². The second kappa shape index (κ2) is 5.82. The number of ketones is 1. The smallest absolute Gasteiger partial charge is 0.310 e. The van der Waals surface area contributed by atoms with Crippen molar-refractivity contribution in [3.63, 3.8) is 0 Å². The lowest BCUT2D eigenvalue weighted by Gasteiger charge is -2.44. The average molecular weight is 334 g/mol. The number of carbonyl (C=O) groups is 2. The van der Waals surface area contributed by atoms with Crippen molar-refractivity contribution >= 4 is 11.8 Å². The zero-order valence-electron chi connectivity index (χ0n) is 15.1. The summed E-state index contributed by atoms with van der Waals surface area (Å²) in [6.07, 6.45) is 6.58. The molecule has 0 amide bonds. The van der Waals surface area contributed by atoms with Crippen molar-refractivity contribution in [3.05, 3.63) is 0 Å². The molecule has 4 rings (SSSR count). The number of esters is 1. The van der Waals surface area contributed by atoms with E-state index in [4.69, 9.17) is 9.47 Å². The quantitative estimate of drug-likeness (QED) is 0.743. The van der Waals surface area contributed by atoms with Gasteiger partial charge in [-0.2, -0.15) is 0 Å². The zero-order chi connectivity index (χ0) is 17.1. The molecule has 0 aromatic heterocycles. The molecule has 1 heterocycles. The van der Waals surface area contributed by atoms with Crippen molar-refractivity contribution in [1.29, 1.82) is 0 Å². The average Bonchev–Trinajstić information content (AvgIpc) is 3.10. The summed E-state index contributed by atoms with van der Waals surface area (Å²) in [5, 5.41) is 0. The largest absolute Gasteiger partial charge is 0.459 e. The molecule has 0 spiro atoms. The van der Waals surface area contributed by atoms with Crippen LogP contribution in [0.5, 0.6) is 0 Å². The molecular formula is C20H30O4. The second-order valence-electron chi connectivity index (χ2n) is 8.92. The number of Topliss-reactive ketones (excluding diaryl/α,β-unsaturated/α-hetero) is 1. The van der Waals surface area contributed by atoms with Crippen LogP contribution in [0.1, 0.15) is 59.3 Å². The number of fused-ring (bicyclic) bond motifs is 1. The molecule has 134 valence electrons. The molecule has 2 bridgehead atoms. The molecule has 0 N–H and O–H groups in total. The summed E-state index contributed by atoms with van der Waals surface area (Å²) >= 11 is 0. The molecule has 6 unspecified atom stereocenters. The van der Waals surface area contributed by atoms with Crippen molar-refractivity contribution in [2.45, 2.75) is 71.0 Å². The fraction of sp³-hybridized carbons (Fsp3) is 0.900. The maximum absolute atomic E-state index is 13.2. The van der Waals surface area contributed by atoms with Crippen LogP contribution in [0, 0.1) is 35.5 Å². The lowest BCUT2D eigenvalue weighted by molar-refractivity contribution is -0.187. The lowest BCUT2D eigenvalue weighted by atomic mass is 9.69. The fourth-order valence-electron chi connectivity index (χ4n) is 6.18. The third-order valence-corrected chi connectivity index (χ3v) is 7.59. The highest BCUT2D eigenvalue weighted by Crippen LogP contribution is 2.59. The molecular weight excluding hydrogens is 304 g/mol. The van der Waals surface area contributed by atoms with E-state index in [0.717, 1.165) is 32.1 Å². The van der Waals surface area contributed by atoms with E-state index in [2.05, 4.69) is 20.8 Å². The van der Waals surface area contributed by atoms with Crippen molar-refractivity contribution < 1.29 is 19.1 Å². The van der Waals surface area contributed by atoms with Crippen LogP contribution in [0.15, 0.2) is 0 Å². The monoisotopic (exact) mass is 334 g/mol. The Hall–Kier alpha value is -0.900. The van der Waals surface area contributed by atoms with E-state index in [-0.39, 0.29) is 53.7 Å². The van der Waals surface area contributed by atoms with Gasteiger partial charge in [0.1, 0.15) is 12.2 Å². The van der Waals surface area contributed by atoms with E-state index in [1.165, 1.54) is 6.42 Å². The fourth-order valence-corrected chi connectivity index (χ4v) is 6.18. The van der Waals surface area contributed by atoms with E-state index < -0.39 is 0 Å². The Morgan fingerprint density at radius 2 is 1.92 bits per heavy atom. The first kappa shape index (κ1) is 16.6. The number of ether oxygens (including phenoxy) is 2. The van der Waals surface area contributed by atoms with Crippen LogP contribution >= 0.6 is 0 Å². The predicted octanol–water partition coefficient (Wildman–Crippen LogP) is 3.37. The highest BCUT2D eigenvalue weighted by atomic mass is 16.6. The molecule has 4 fully saturated rings. The van der Waals surface area contributed by atoms with Gasteiger partial charge >= 0.3 is 5.97 Å². The van der Waals surface area contributed by atoms with Crippen LogP contribution in [0.4, 0.5) is 0 Å². The summed E-state index contributed by atoms with van der Waals surface area (Å²) in [5.41, 5.74) is -0.311. The number of carbonyl (C=O) groups excluding carboxylic acids is 2. The third kappa shape index (κ3) is 2.28. The molecule has 0 aromatic carbocycles. The van der Waals surface area contributed by atoms with Gasteiger partial charge in [-0.1, -0.05) is 27.2 Å². The Morgan fingerprint density at radius 1 is 1.21 bits per heavy atom. The van der Waals surface area contributed by atoms with Crippen LogP contribution in [-0.2, 0) is 19.1 Å². The highest BCUT2D eigenvalue weighted by molar-refractivity contribution is 5.90. The summed E-state index contributed by atoms with van der Waals surface area (Å²) < 4.78 is 12.0. The van der Waals surface area contributed by atoms with Crippen LogP contribution in [-0.4, -0.2) is 30.1 Å². The Morgan fingerprint density at radius 3 is 2.58 bits per heavy atom. The highest BCUT2D eigenvalue weighted by Gasteiger charge is 2.64. The second-order valence-corrected chi connectivity index (χ2v) is 8.92. The Labute approximate surface area is 144 Å². The zero-order valence-corrected chi connectivity index (χ0v) is 15.1.